The maximum Gasteiger partial charge on any atom is 0.490 e. The van der Waals surface area contributed by atoms with Crippen LogP contribution in [0, 0.1) is 0 Å². The molecule has 31 heteroatoms. The molecule has 6 unspecified atom stereocenters. The SMILES string of the molecule is CC1(C)OB(C2=CCCC2)OC1(C)C.COC(=O)c1ccc(OC)nc1C1=CCCC1.COC(=O)c1ccc(OC)nc1Cl.COc1ccc2c(n1)C1CCCC1OC2=O.COc1ccc2c(n1)C1CCCC1OC2=O.CSF.O=C1OC2CCCC2c2nc(Cl)ccc21.O=P(Cl)(Cl)Cl. The smallest absolute Gasteiger partial charge is 0.481 e. The molecule has 0 N–H and O–H groups in total. The topological polar surface area (TPSA) is 268 Å². The van der Waals surface area contributed by atoms with Crippen LogP contribution in [0.15, 0.2) is 78.3 Å². The van der Waals surface area contributed by atoms with Crippen molar-refractivity contribution in [1.82, 2.24) is 24.9 Å². The van der Waals surface area contributed by atoms with Gasteiger partial charge in [0.25, 0.3) is 0 Å². The number of rotatable bonds is 8. The van der Waals surface area contributed by atoms with Crippen molar-refractivity contribution in [2.75, 3.05) is 48.9 Å². The maximum absolute atomic E-state index is 11.7. The molecule has 0 spiro atoms. The summed E-state index contributed by atoms with van der Waals surface area (Å²) in [6, 6.07) is 16.7. The van der Waals surface area contributed by atoms with Gasteiger partial charge in [0.1, 0.15) is 28.6 Å². The van der Waals surface area contributed by atoms with E-state index in [2.05, 4.69) is 103 Å². The lowest BCUT2D eigenvalue weighted by atomic mass is 9.78. The molecule has 5 aromatic rings. The highest BCUT2D eigenvalue weighted by Gasteiger charge is 2.52. The number of ether oxygens (including phenoxy) is 9. The van der Waals surface area contributed by atoms with Gasteiger partial charge in [0.05, 0.1) is 104 Å². The molecular formula is C68H81BCl5FN5O17PS. The van der Waals surface area contributed by atoms with Crippen LogP contribution in [0.4, 0.5) is 3.89 Å². The number of nitrogens with zero attached hydrogens (tertiary/aromatic N) is 5. The van der Waals surface area contributed by atoms with E-state index in [0.717, 1.165) is 106 Å². The maximum atomic E-state index is 11.7. The predicted octanol–water partition coefficient (Wildman–Crippen LogP) is 17.1. The fourth-order valence-corrected chi connectivity index (χ4v) is 12.7. The minimum atomic E-state index is -3.22. The van der Waals surface area contributed by atoms with Crippen molar-refractivity contribution < 1.29 is 84.4 Å². The summed E-state index contributed by atoms with van der Waals surface area (Å²) in [5, 5.41) is -2.69. The Balaban J connectivity index is 0.000000164. The standard InChI is InChI=1S/C13H15NO3.2C12H13NO3.C11H19BO2.C11H10ClNO2.C8H8ClNO3.CH3FS.Cl3OP/c1-16-11-8-7-10(13(15)17-2)12(14-11)9-5-3-4-6-9;2*1-15-10-6-5-8-11(13-10)7-3-2-4-9(7)16-12(8)14;1-10(2)11(3,4)14-12(13-10)9-7-5-6-8-9;12-9-5-4-7-10(13-9)6-2-1-3-8(6)15-11(7)14;1-12-6-4-3-5(7(9)10-6)8(11)13-2;1-3-2;1-5(2,3)4/h5,7-8H,3-4,6H2,1-2H3;2*5-7,9H,2-4H2,1H3;7H,5-6,8H2,1-4H3;4-6,8H,1-3H2;3-4H,1-2H3;1H3;. The zero-order chi connectivity index (χ0) is 72.4. The molecule has 99 heavy (non-hydrogen) atoms. The van der Waals surface area contributed by atoms with E-state index in [1.807, 2.05) is 0 Å². The van der Waals surface area contributed by atoms with Crippen LogP contribution in [0.25, 0.3) is 5.57 Å². The first-order valence-electron chi connectivity index (χ1n) is 32.0. The minimum Gasteiger partial charge on any atom is -0.481 e. The van der Waals surface area contributed by atoms with Gasteiger partial charge in [-0.05, 0) is 205 Å². The normalized spacial score (nSPS) is 21.6. The Bertz CT molecular complexity index is 3690. The van der Waals surface area contributed by atoms with Gasteiger partial charge < -0.3 is 51.9 Å². The van der Waals surface area contributed by atoms with Gasteiger partial charge >= 0.3 is 42.2 Å². The van der Waals surface area contributed by atoms with Crippen LogP contribution in [0.1, 0.15) is 216 Å². The van der Waals surface area contributed by atoms with Crippen molar-refractivity contribution in [3.8, 4) is 23.5 Å². The van der Waals surface area contributed by atoms with E-state index in [4.69, 9.17) is 70.4 Å². The molecule has 4 fully saturated rings. The Labute approximate surface area is 605 Å². The van der Waals surface area contributed by atoms with Crippen LogP contribution in [-0.4, -0.2) is 140 Å². The van der Waals surface area contributed by atoms with Crippen LogP contribution in [-0.2, 0) is 37.6 Å². The zero-order valence-electron chi connectivity index (χ0n) is 56.9. The van der Waals surface area contributed by atoms with Crippen molar-refractivity contribution in [3.63, 3.8) is 0 Å². The van der Waals surface area contributed by atoms with Gasteiger partial charge in [-0.2, -0.15) is 3.89 Å². The molecule has 5 aliphatic carbocycles. The molecule has 4 aliphatic heterocycles. The highest BCUT2D eigenvalue weighted by atomic mass is 36.0. The van der Waals surface area contributed by atoms with Gasteiger partial charge in [-0.25, -0.2) is 48.9 Å². The Morgan fingerprint density at radius 1 is 0.535 bits per heavy atom. The minimum absolute atomic E-state index is 0.0240. The summed E-state index contributed by atoms with van der Waals surface area (Å²) in [6.07, 6.45) is 21.8. The highest BCUT2D eigenvalue weighted by Crippen LogP contribution is 2.61. The molecule has 0 aromatic carbocycles. The van der Waals surface area contributed by atoms with E-state index < -0.39 is 11.2 Å². The molecule has 14 rings (SSSR count). The highest BCUT2D eigenvalue weighted by molar-refractivity contribution is 8.24. The molecule has 1 saturated heterocycles. The first kappa shape index (κ1) is 80.0. The number of carbonyl (C=O) groups excluding carboxylic acids is 5. The van der Waals surface area contributed by atoms with Gasteiger partial charge in [-0.15, -0.1) is 0 Å². The molecule has 0 bridgehead atoms. The molecule has 9 heterocycles. The summed E-state index contributed by atoms with van der Waals surface area (Å²) >= 11 is 25.6. The van der Waals surface area contributed by atoms with E-state index in [1.54, 1.807) is 69.9 Å². The van der Waals surface area contributed by atoms with Gasteiger partial charge in [0.15, 0.2) is 0 Å². The lowest BCUT2D eigenvalue weighted by molar-refractivity contribution is 0.00578. The monoisotopic (exact) mass is 1510 g/mol. The quantitative estimate of drug-likeness (QED) is 0.0459. The molecule has 0 radical (unpaired) electrons. The van der Waals surface area contributed by atoms with E-state index in [1.165, 1.54) is 58.0 Å². The number of methoxy groups -OCH3 is 6. The van der Waals surface area contributed by atoms with Crippen molar-refractivity contribution in [3.05, 3.63) is 139 Å². The van der Waals surface area contributed by atoms with Gasteiger partial charge in [-0.1, -0.05) is 35.4 Å². The van der Waals surface area contributed by atoms with Crippen molar-refractivity contribution in [2.24, 2.45) is 0 Å². The first-order valence-corrected chi connectivity index (χ1v) is 38.3. The van der Waals surface area contributed by atoms with Crippen LogP contribution in [0.3, 0.4) is 0 Å². The molecule has 6 atom stereocenters. The molecule has 3 saturated carbocycles. The number of allylic oxidation sites excluding steroid dienone is 4. The van der Waals surface area contributed by atoms with E-state index in [9.17, 15) is 32.4 Å². The second kappa shape index (κ2) is 37.1. The molecule has 536 valence electrons. The third-order valence-corrected chi connectivity index (χ3v) is 18.4. The van der Waals surface area contributed by atoms with Crippen LogP contribution < -0.4 is 18.9 Å². The average molecular weight is 1510 g/mol. The number of hydrogen-bond acceptors (Lipinski definition) is 23. The summed E-state index contributed by atoms with van der Waals surface area (Å²) in [5.41, 5.74) is 7.81. The van der Waals surface area contributed by atoms with Crippen LogP contribution in [0.5, 0.6) is 23.5 Å². The molecular weight excluding hydrogens is 1430 g/mol. The Morgan fingerprint density at radius 3 is 1.30 bits per heavy atom. The molecule has 5 aromatic heterocycles. The third-order valence-electron chi connectivity index (χ3n) is 17.9. The van der Waals surface area contributed by atoms with Crippen molar-refractivity contribution in [2.45, 2.75) is 171 Å². The Hall–Kier alpha value is -6.28. The fourth-order valence-electron chi connectivity index (χ4n) is 12.4. The summed E-state index contributed by atoms with van der Waals surface area (Å²) in [6.45, 7) is 8.40. The van der Waals surface area contributed by atoms with Gasteiger partial charge in [0.2, 0.25) is 23.5 Å². The van der Waals surface area contributed by atoms with Crippen molar-refractivity contribution in [1.29, 1.82) is 0 Å². The van der Waals surface area contributed by atoms with Crippen molar-refractivity contribution >= 4 is 117 Å². The number of pyridine rings is 5. The summed E-state index contributed by atoms with van der Waals surface area (Å²) in [7, 11) is 8.76. The van der Waals surface area contributed by atoms with E-state index >= 15 is 0 Å². The molecule has 9 aliphatic rings. The predicted molar refractivity (Wildman–Crippen MR) is 377 cm³/mol. The second-order valence-electron chi connectivity index (χ2n) is 24.4. The number of fused-ring (bicyclic) bond motifs is 9. The lowest BCUT2D eigenvalue weighted by Gasteiger charge is -2.32. The van der Waals surface area contributed by atoms with Crippen LogP contribution in [0.2, 0.25) is 10.3 Å². The number of carbonyl (C=O) groups is 5. The zero-order valence-corrected chi connectivity index (χ0v) is 62.4. The first-order chi connectivity index (χ1) is 47.1. The fraction of sp³-hybridized carbons (Fsp3) is 0.500. The number of aromatic nitrogens is 5. The summed E-state index contributed by atoms with van der Waals surface area (Å²) in [4.78, 5) is 79.0. The Morgan fingerprint density at radius 2 is 0.909 bits per heavy atom. The van der Waals surface area contributed by atoms with Gasteiger partial charge in [0, 0.05) is 60.4 Å². The second-order valence-corrected chi connectivity index (χ2v) is 32.1. The summed E-state index contributed by atoms with van der Waals surface area (Å²) in [5.74, 6) is 1.19. The van der Waals surface area contributed by atoms with Gasteiger partial charge in [-0.3, -0.25) is 4.57 Å². The number of hydrogen-bond donors (Lipinski definition) is 0. The van der Waals surface area contributed by atoms with Crippen LogP contribution >= 0.6 is 74.3 Å². The number of halogens is 6. The lowest BCUT2D eigenvalue weighted by Crippen LogP contribution is -2.41. The van der Waals surface area contributed by atoms with E-state index in [-0.39, 0.29) is 101 Å². The summed E-state index contributed by atoms with van der Waals surface area (Å²) < 4.78 is 77.1. The third kappa shape index (κ3) is 21.4. The molecule has 22 nitrogen and oxygen atoms in total. The average Bonchev–Trinajstić information content (AvgIpc) is 1.74. The molecule has 0 amide bonds. The largest absolute Gasteiger partial charge is 0.490 e. The number of esters is 5. The Kier molecular flexibility index (Phi) is 30.0. The van der Waals surface area contributed by atoms with E-state index in [0.29, 0.717) is 56.6 Å².